The van der Waals surface area contributed by atoms with E-state index < -0.39 is 0 Å². The predicted octanol–water partition coefficient (Wildman–Crippen LogP) is 1.83. The van der Waals surface area contributed by atoms with Crippen LogP contribution in [0, 0.1) is 0 Å². The molecule has 0 aromatic carbocycles. The molecule has 1 aliphatic heterocycles. The minimum absolute atomic E-state index is 0.0627. The van der Waals surface area contributed by atoms with E-state index in [0.717, 1.165) is 45.6 Å². The third-order valence-electron chi connectivity index (χ3n) is 3.14. The van der Waals surface area contributed by atoms with E-state index in [1.54, 1.807) is 0 Å². The van der Waals surface area contributed by atoms with Gasteiger partial charge in [0.2, 0.25) is 0 Å². The summed E-state index contributed by atoms with van der Waals surface area (Å²) in [7, 11) is 0. The molecule has 1 heterocycles. The summed E-state index contributed by atoms with van der Waals surface area (Å²) in [6, 6.07) is 0.536. The summed E-state index contributed by atoms with van der Waals surface area (Å²) >= 11 is 0. The fraction of sp³-hybridized carbons (Fsp3) is 0.923. The topological polar surface area (TPSA) is 38.8 Å². The van der Waals surface area contributed by atoms with E-state index in [1.165, 1.54) is 0 Å². The Hall–Kier alpha value is -0.610. The summed E-state index contributed by atoms with van der Waals surface area (Å²) in [6.07, 6.45) is 3.76. The van der Waals surface area contributed by atoms with Crippen LogP contribution in [-0.2, 0) is 14.3 Å². The number of unbranched alkanes of at least 4 members (excludes halogenated alkanes) is 2. The van der Waals surface area contributed by atoms with Crippen molar-refractivity contribution in [2.45, 2.75) is 45.6 Å². The average Bonchev–Trinajstić information content (AvgIpc) is 2.31. The first-order valence-electron chi connectivity index (χ1n) is 6.71. The first-order chi connectivity index (χ1) is 8.24. The summed E-state index contributed by atoms with van der Waals surface area (Å²) in [5.41, 5.74) is 0. The van der Waals surface area contributed by atoms with E-state index in [2.05, 4.69) is 11.8 Å². The highest BCUT2D eigenvalue weighted by Gasteiger charge is 2.17. The number of morpholine rings is 1. The van der Waals surface area contributed by atoms with Gasteiger partial charge in [-0.2, -0.15) is 0 Å². The van der Waals surface area contributed by atoms with Gasteiger partial charge < -0.3 is 9.47 Å². The van der Waals surface area contributed by atoms with E-state index in [-0.39, 0.29) is 5.97 Å². The quantitative estimate of drug-likeness (QED) is 0.505. The summed E-state index contributed by atoms with van der Waals surface area (Å²) in [5.74, 6) is -0.0627. The summed E-state index contributed by atoms with van der Waals surface area (Å²) < 4.78 is 10.3. The van der Waals surface area contributed by atoms with Crippen molar-refractivity contribution in [1.82, 2.24) is 4.90 Å². The molecular weight excluding hydrogens is 218 g/mol. The van der Waals surface area contributed by atoms with Crippen LogP contribution in [0.15, 0.2) is 0 Å². The van der Waals surface area contributed by atoms with Gasteiger partial charge in [-0.15, -0.1) is 0 Å². The van der Waals surface area contributed by atoms with E-state index >= 15 is 0 Å². The number of hydrogen-bond acceptors (Lipinski definition) is 4. The second-order valence-corrected chi connectivity index (χ2v) is 4.58. The third kappa shape index (κ3) is 6.03. The van der Waals surface area contributed by atoms with Gasteiger partial charge in [0.05, 0.1) is 19.8 Å². The van der Waals surface area contributed by atoms with Crippen LogP contribution < -0.4 is 0 Å². The molecule has 1 unspecified atom stereocenters. The SMILES string of the molecule is CCOC(=O)CCCCCN1CCOCC1C. The average molecular weight is 243 g/mol. The molecule has 1 rings (SSSR count). The minimum atomic E-state index is -0.0627. The molecular formula is C13H25NO3. The number of hydrogen-bond donors (Lipinski definition) is 0. The number of carbonyl (C=O) groups excluding carboxylic acids is 1. The van der Waals surface area contributed by atoms with E-state index in [1.807, 2.05) is 6.92 Å². The molecule has 0 aromatic heterocycles. The van der Waals surface area contributed by atoms with Crippen LogP contribution in [-0.4, -0.2) is 49.8 Å². The van der Waals surface area contributed by atoms with Crippen LogP contribution in [0.25, 0.3) is 0 Å². The maximum absolute atomic E-state index is 11.1. The Labute approximate surface area is 104 Å². The van der Waals surface area contributed by atoms with Crippen molar-refractivity contribution in [1.29, 1.82) is 0 Å². The number of carbonyl (C=O) groups is 1. The van der Waals surface area contributed by atoms with E-state index in [9.17, 15) is 4.79 Å². The Morgan fingerprint density at radius 2 is 2.24 bits per heavy atom. The lowest BCUT2D eigenvalue weighted by atomic mass is 10.1. The summed E-state index contributed by atoms with van der Waals surface area (Å²) in [4.78, 5) is 13.6. The lowest BCUT2D eigenvalue weighted by Crippen LogP contribution is -2.43. The lowest BCUT2D eigenvalue weighted by Gasteiger charge is -2.33. The van der Waals surface area contributed by atoms with Crippen molar-refractivity contribution in [2.24, 2.45) is 0 Å². The molecule has 0 N–H and O–H groups in total. The van der Waals surface area contributed by atoms with Crippen molar-refractivity contribution >= 4 is 5.97 Å². The zero-order valence-electron chi connectivity index (χ0n) is 11.1. The number of esters is 1. The molecule has 0 saturated carbocycles. The highest BCUT2D eigenvalue weighted by atomic mass is 16.5. The number of ether oxygens (including phenoxy) is 2. The molecule has 100 valence electrons. The van der Waals surface area contributed by atoms with Crippen LogP contribution in [0.2, 0.25) is 0 Å². The van der Waals surface area contributed by atoms with Gasteiger partial charge in [-0.3, -0.25) is 9.69 Å². The first-order valence-corrected chi connectivity index (χ1v) is 6.71. The normalized spacial score (nSPS) is 21.4. The molecule has 4 heteroatoms. The smallest absolute Gasteiger partial charge is 0.305 e. The molecule has 1 saturated heterocycles. The zero-order valence-corrected chi connectivity index (χ0v) is 11.1. The lowest BCUT2D eigenvalue weighted by molar-refractivity contribution is -0.143. The maximum atomic E-state index is 11.1. The third-order valence-corrected chi connectivity index (χ3v) is 3.14. The number of rotatable bonds is 7. The summed E-state index contributed by atoms with van der Waals surface area (Å²) in [6.45, 7) is 8.40. The van der Waals surface area contributed by atoms with E-state index in [4.69, 9.17) is 9.47 Å². The molecule has 4 nitrogen and oxygen atoms in total. The zero-order chi connectivity index (χ0) is 12.5. The van der Waals surface area contributed by atoms with Gasteiger partial charge in [0.15, 0.2) is 0 Å². The second kappa shape index (κ2) is 8.48. The molecule has 0 aromatic rings. The van der Waals surface area contributed by atoms with Crippen molar-refractivity contribution in [2.75, 3.05) is 32.9 Å². The molecule has 0 radical (unpaired) electrons. The van der Waals surface area contributed by atoms with Gasteiger partial charge in [0.1, 0.15) is 0 Å². The van der Waals surface area contributed by atoms with Crippen molar-refractivity contribution in [3.05, 3.63) is 0 Å². The molecule has 17 heavy (non-hydrogen) atoms. The van der Waals surface area contributed by atoms with Gasteiger partial charge in [0.25, 0.3) is 0 Å². The van der Waals surface area contributed by atoms with E-state index in [0.29, 0.717) is 19.1 Å². The first kappa shape index (κ1) is 14.5. The number of nitrogens with zero attached hydrogens (tertiary/aromatic N) is 1. The molecule has 0 amide bonds. The molecule has 0 spiro atoms. The predicted molar refractivity (Wildman–Crippen MR) is 67.0 cm³/mol. The molecule has 1 aliphatic rings. The largest absolute Gasteiger partial charge is 0.466 e. The Morgan fingerprint density at radius 1 is 1.41 bits per heavy atom. The monoisotopic (exact) mass is 243 g/mol. The molecule has 1 atom stereocenters. The van der Waals surface area contributed by atoms with Gasteiger partial charge in [-0.05, 0) is 33.2 Å². The van der Waals surface area contributed by atoms with Crippen molar-refractivity contribution < 1.29 is 14.3 Å². The Balaban J connectivity index is 1.98. The maximum Gasteiger partial charge on any atom is 0.305 e. The van der Waals surface area contributed by atoms with Crippen LogP contribution >= 0.6 is 0 Å². The molecule has 0 aliphatic carbocycles. The van der Waals surface area contributed by atoms with Crippen LogP contribution in [0.1, 0.15) is 39.5 Å². The minimum Gasteiger partial charge on any atom is -0.466 e. The fourth-order valence-corrected chi connectivity index (χ4v) is 2.09. The van der Waals surface area contributed by atoms with Crippen molar-refractivity contribution in [3.63, 3.8) is 0 Å². The van der Waals surface area contributed by atoms with Gasteiger partial charge in [-0.25, -0.2) is 0 Å². The van der Waals surface area contributed by atoms with Crippen molar-refractivity contribution in [3.8, 4) is 0 Å². The Morgan fingerprint density at radius 3 is 2.94 bits per heavy atom. The molecule has 0 bridgehead atoms. The van der Waals surface area contributed by atoms with Gasteiger partial charge in [0, 0.05) is 19.0 Å². The standard InChI is InChI=1S/C13H25NO3/c1-3-17-13(15)7-5-4-6-8-14-9-10-16-11-12(14)2/h12H,3-11H2,1-2H3. The Kier molecular flexibility index (Phi) is 7.21. The highest BCUT2D eigenvalue weighted by molar-refractivity contribution is 5.69. The fourth-order valence-electron chi connectivity index (χ4n) is 2.09. The van der Waals surface area contributed by atoms with Gasteiger partial charge in [-0.1, -0.05) is 6.42 Å². The second-order valence-electron chi connectivity index (χ2n) is 4.58. The highest BCUT2D eigenvalue weighted by Crippen LogP contribution is 2.09. The molecule has 1 fully saturated rings. The van der Waals surface area contributed by atoms with Crippen LogP contribution in [0.5, 0.6) is 0 Å². The summed E-state index contributed by atoms with van der Waals surface area (Å²) in [5, 5.41) is 0. The van der Waals surface area contributed by atoms with Crippen LogP contribution in [0.3, 0.4) is 0 Å². The van der Waals surface area contributed by atoms with Crippen LogP contribution in [0.4, 0.5) is 0 Å². The Bertz CT molecular complexity index is 221. The van der Waals surface area contributed by atoms with Gasteiger partial charge >= 0.3 is 5.97 Å².